The average Bonchev–Trinajstić information content (AvgIpc) is 2.74. The summed E-state index contributed by atoms with van der Waals surface area (Å²) in [5, 5.41) is 3.57. The van der Waals surface area contributed by atoms with Crippen LogP contribution in [0.4, 0.5) is 0 Å². The van der Waals surface area contributed by atoms with Gasteiger partial charge in [0.2, 0.25) is 6.79 Å². The monoisotopic (exact) mass is 261 g/mol. The Morgan fingerprint density at radius 2 is 1.79 bits per heavy atom. The standard InChI is InChI=1S/C16H23NO2/c1-15(2)14(16(15,3)4)9-17-8-11-5-6-12-13(7-11)19-10-18-12/h5-7,14,17H,8-10H2,1-4H3. The van der Waals surface area contributed by atoms with Crippen molar-refractivity contribution in [2.24, 2.45) is 16.7 Å². The van der Waals surface area contributed by atoms with Gasteiger partial charge in [-0.15, -0.1) is 0 Å². The van der Waals surface area contributed by atoms with E-state index in [2.05, 4.69) is 45.1 Å². The van der Waals surface area contributed by atoms with Crippen LogP contribution in [0.1, 0.15) is 33.3 Å². The fraction of sp³-hybridized carbons (Fsp3) is 0.625. The predicted octanol–water partition coefficient (Wildman–Crippen LogP) is 3.19. The maximum absolute atomic E-state index is 5.40. The summed E-state index contributed by atoms with van der Waals surface area (Å²) >= 11 is 0. The van der Waals surface area contributed by atoms with Gasteiger partial charge in [-0.25, -0.2) is 0 Å². The number of hydrogen-bond donors (Lipinski definition) is 1. The van der Waals surface area contributed by atoms with Crippen LogP contribution in [0, 0.1) is 16.7 Å². The molecule has 0 bridgehead atoms. The van der Waals surface area contributed by atoms with E-state index in [1.54, 1.807) is 0 Å². The summed E-state index contributed by atoms with van der Waals surface area (Å²) in [6, 6.07) is 6.16. The van der Waals surface area contributed by atoms with Crippen LogP contribution in [0.5, 0.6) is 11.5 Å². The Hall–Kier alpha value is -1.22. The van der Waals surface area contributed by atoms with Gasteiger partial charge in [-0.2, -0.15) is 0 Å². The van der Waals surface area contributed by atoms with Gasteiger partial charge in [0.25, 0.3) is 0 Å². The average molecular weight is 261 g/mol. The van der Waals surface area contributed by atoms with Crippen LogP contribution in [0.3, 0.4) is 0 Å². The van der Waals surface area contributed by atoms with Crippen molar-refractivity contribution in [2.45, 2.75) is 34.2 Å². The Kier molecular flexibility index (Phi) is 2.79. The Labute approximate surface area is 115 Å². The van der Waals surface area contributed by atoms with Crippen LogP contribution < -0.4 is 14.8 Å². The largest absolute Gasteiger partial charge is 0.454 e. The third-order valence-electron chi connectivity index (χ3n) is 5.43. The van der Waals surface area contributed by atoms with Crippen LogP contribution in [0.2, 0.25) is 0 Å². The minimum absolute atomic E-state index is 0.344. The first-order valence-corrected chi connectivity index (χ1v) is 7.02. The molecule has 0 unspecified atom stereocenters. The van der Waals surface area contributed by atoms with Gasteiger partial charge in [0.1, 0.15) is 0 Å². The summed E-state index contributed by atoms with van der Waals surface area (Å²) in [6.07, 6.45) is 0. The van der Waals surface area contributed by atoms with Crippen LogP contribution in [0.25, 0.3) is 0 Å². The zero-order chi connectivity index (χ0) is 13.7. The Morgan fingerprint density at radius 1 is 1.11 bits per heavy atom. The quantitative estimate of drug-likeness (QED) is 0.903. The van der Waals surface area contributed by atoms with Crippen LogP contribution >= 0.6 is 0 Å². The first-order chi connectivity index (χ1) is 8.93. The van der Waals surface area contributed by atoms with Gasteiger partial charge in [0, 0.05) is 6.54 Å². The van der Waals surface area contributed by atoms with Crippen molar-refractivity contribution in [3.63, 3.8) is 0 Å². The molecule has 0 amide bonds. The number of benzene rings is 1. The van der Waals surface area contributed by atoms with Crippen molar-refractivity contribution < 1.29 is 9.47 Å². The molecule has 1 saturated carbocycles. The smallest absolute Gasteiger partial charge is 0.231 e. The molecule has 1 aliphatic heterocycles. The second kappa shape index (κ2) is 4.14. The molecule has 1 N–H and O–H groups in total. The fourth-order valence-corrected chi connectivity index (χ4v) is 3.26. The molecule has 0 saturated heterocycles. The summed E-state index contributed by atoms with van der Waals surface area (Å²) in [6.45, 7) is 11.8. The van der Waals surface area contributed by atoms with E-state index in [1.807, 2.05) is 6.07 Å². The van der Waals surface area contributed by atoms with Crippen molar-refractivity contribution >= 4 is 0 Å². The highest BCUT2D eigenvalue weighted by atomic mass is 16.7. The molecule has 0 atom stereocenters. The van der Waals surface area contributed by atoms with Crippen molar-refractivity contribution in [1.29, 1.82) is 0 Å². The van der Waals surface area contributed by atoms with E-state index in [-0.39, 0.29) is 0 Å². The molecule has 3 rings (SSSR count). The van der Waals surface area contributed by atoms with E-state index in [0.29, 0.717) is 17.6 Å². The molecule has 1 heterocycles. The lowest BCUT2D eigenvalue weighted by molar-refractivity contribution is 0.174. The second-order valence-electron chi connectivity index (χ2n) is 6.81. The van der Waals surface area contributed by atoms with Gasteiger partial charge >= 0.3 is 0 Å². The molecular weight excluding hydrogens is 238 g/mol. The molecule has 2 aliphatic rings. The Bertz CT molecular complexity index is 480. The molecule has 0 aromatic heterocycles. The third-order valence-corrected chi connectivity index (χ3v) is 5.43. The molecule has 104 valence electrons. The molecule has 1 aromatic rings. The molecule has 0 spiro atoms. The lowest BCUT2D eigenvalue weighted by Gasteiger charge is -2.07. The molecule has 1 aliphatic carbocycles. The molecular formula is C16H23NO2. The topological polar surface area (TPSA) is 30.5 Å². The van der Waals surface area contributed by atoms with Gasteiger partial charge in [0.05, 0.1) is 0 Å². The first-order valence-electron chi connectivity index (χ1n) is 7.02. The Morgan fingerprint density at radius 3 is 2.47 bits per heavy atom. The zero-order valence-electron chi connectivity index (χ0n) is 12.2. The number of nitrogens with one attached hydrogen (secondary N) is 1. The van der Waals surface area contributed by atoms with Gasteiger partial charge < -0.3 is 14.8 Å². The lowest BCUT2D eigenvalue weighted by Crippen LogP contribution is -2.18. The van der Waals surface area contributed by atoms with Crippen LogP contribution in [0.15, 0.2) is 18.2 Å². The number of rotatable bonds is 4. The van der Waals surface area contributed by atoms with Crippen molar-refractivity contribution in [1.82, 2.24) is 5.32 Å². The third kappa shape index (κ3) is 2.00. The SMILES string of the molecule is CC1(C)C(CNCc2ccc3c(c2)OCO3)C1(C)C. The molecule has 1 aromatic carbocycles. The van der Waals surface area contributed by atoms with Gasteiger partial charge in [-0.3, -0.25) is 0 Å². The van der Waals surface area contributed by atoms with Gasteiger partial charge in [-0.1, -0.05) is 33.8 Å². The number of ether oxygens (including phenoxy) is 2. The summed E-state index contributed by atoms with van der Waals surface area (Å²) in [5.74, 6) is 2.48. The van der Waals surface area contributed by atoms with E-state index in [0.717, 1.165) is 30.5 Å². The van der Waals surface area contributed by atoms with E-state index in [1.165, 1.54) is 5.56 Å². The van der Waals surface area contributed by atoms with E-state index in [9.17, 15) is 0 Å². The van der Waals surface area contributed by atoms with E-state index < -0.39 is 0 Å². The maximum Gasteiger partial charge on any atom is 0.231 e. The Balaban J connectivity index is 1.54. The summed E-state index contributed by atoms with van der Waals surface area (Å²) in [4.78, 5) is 0. The lowest BCUT2D eigenvalue weighted by atomic mass is 10.0. The molecule has 3 heteroatoms. The highest BCUT2D eigenvalue weighted by molar-refractivity contribution is 5.44. The normalized spacial score (nSPS) is 22.5. The minimum Gasteiger partial charge on any atom is -0.454 e. The van der Waals surface area contributed by atoms with Crippen LogP contribution in [-0.2, 0) is 6.54 Å². The van der Waals surface area contributed by atoms with Gasteiger partial charge in [0.15, 0.2) is 11.5 Å². The minimum atomic E-state index is 0.344. The van der Waals surface area contributed by atoms with Gasteiger partial charge in [-0.05, 0) is 41.0 Å². The molecule has 1 fully saturated rings. The maximum atomic E-state index is 5.40. The summed E-state index contributed by atoms with van der Waals surface area (Å²) in [5.41, 5.74) is 2.16. The van der Waals surface area contributed by atoms with E-state index in [4.69, 9.17) is 9.47 Å². The fourth-order valence-electron chi connectivity index (χ4n) is 3.26. The van der Waals surface area contributed by atoms with Crippen molar-refractivity contribution in [3.8, 4) is 11.5 Å². The molecule has 0 radical (unpaired) electrons. The highest BCUT2D eigenvalue weighted by Gasteiger charge is 2.63. The molecule has 3 nitrogen and oxygen atoms in total. The van der Waals surface area contributed by atoms with E-state index >= 15 is 0 Å². The number of fused-ring (bicyclic) bond motifs is 1. The number of hydrogen-bond acceptors (Lipinski definition) is 3. The van der Waals surface area contributed by atoms with Crippen molar-refractivity contribution in [2.75, 3.05) is 13.3 Å². The second-order valence-corrected chi connectivity index (χ2v) is 6.81. The summed E-state index contributed by atoms with van der Waals surface area (Å²) in [7, 11) is 0. The van der Waals surface area contributed by atoms with Crippen molar-refractivity contribution in [3.05, 3.63) is 23.8 Å². The summed E-state index contributed by atoms with van der Waals surface area (Å²) < 4.78 is 10.7. The predicted molar refractivity (Wildman–Crippen MR) is 75.3 cm³/mol. The molecule has 19 heavy (non-hydrogen) atoms. The zero-order valence-corrected chi connectivity index (χ0v) is 12.2. The highest BCUT2D eigenvalue weighted by Crippen LogP contribution is 2.67. The first kappa shape index (κ1) is 12.8. The van der Waals surface area contributed by atoms with Crippen LogP contribution in [-0.4, -0.2) is 13.3 Å².